The number of hydrogen-bond donors (Lipinski definition) is 3. The summed E-state index contributed by atoms with van der Waals surface area (Å²) in [6, 6.07) is -0.774. The van der Waals surface area contributed by atoms with Crippen LogP contribution in [0.3, 0.4) is 0 Å². The Bertz CT molecular complexity index is 459. The highest BCUT2D eigenvalue weighted by molar-refractivity contribution is 5.74. The molecule has 1 aliphatic carbocycles. The summed E-state index contributed by atoms with van der Waals surface area (Å²) < 4.78 is 10.1. The maximum atomic E-state index is 12.2. The number of carbonyl (C=O) groups is 2. The van der Waals surface area contributed by atoms with E-state index in [1.165, 1.54) is 7.11 Å². The third kappa shape index (κ3) is 5.57. The average Bonchev–Trinajstić information content (AvgIpc) is 2.81. The Labute approximate surface area is 150 Å². The maximum Gasteiger partial charge on any atom is 0.407 e. The van der Waals surface area contributed by atoms with E-state index >= 15 is 0 Å². The van der Waals surface area contributed by atoms with E-state index < -0.39 is 41.6 Å². The Morgan fingerprint density at radius 1 is 1.28 bits per heavy atom. The first kappa shape index (κ1) is 21.7. The van der Waals surface area contributed by atoms with Crippen LogP contribution >= 0.6 is 0 Å². The Hall–Kier alpha value is -1.34. The molecule has 0 radical (unpaired) electrons. The fourth-order valence-corrected chi connectivity index (χ4v) is 3.72. The number of aliphatic hydroxyl groups is 1. The second-order valence-electron chi connectivity index (χ2n) is 7.84. The topological polar surface area (TPSA) is 111 Å². The lowest BCUT2D eigenvalue weighted by Crippen LogP contribution is -2.51. The quantitative estimate of drug-likeness (QED) is 0.625. The molecule has 1 rings (SSSR count). The van der Waals surface area contributed by atoms with Gasteiger partial charge in [-0.3, -0.25) is 4.79 Å². The minimum atomic E-state index is -0.956. The molecule has 1 saturated carbocycles. The van der Waals surface area contributed by atoms with Crippen molar-refractivity contribution >= 4 is 12.1 Å². The summed E-state index contributed by atoms with van der Waals surface area (Å²) in [5, 5.41) is 13.5. The minimum Gasteiger partial charge on any atom is -0.469 e. The summed E-state index contributed by atoms with van der Waals surface area (Å²) in [7, 11) is 1.29. The second-order valence-corrected chi connectivity index (χ2v) is 7.84. The highest BCUT2D eigenvalue weighted by Crippen LogP contribution is 2.37. The zero-order valence-corrected chi connectivity index (χ0v) is 16.2. The minimum absolute atomic E-state index is 0.194. The molecule has 0 saturated heterocycles. The van der Waals surface area contributed by atoms with Crippen LogP contribution in [0.1, 0.15) is 53.9 Å². The summed E-state index contributed by atoms with van der Waals surface area (Å²) >= 11 is 0. The van der Waals surface area contributed by atoms with Crippen LogP contribution in [0.15, 0.2) is 0 Å². The van der Waals surface area contributed by atoms with Crippen molar-refractivity contribution in [2.24, 2.45) is 23.5 Å². The number of aliphatic hydroxyl groups excluding tert-OH is 1. The van der Waals surface area contributed by atoms with Gasteiger partial charge in [-0.2, -0.15) is 0 Å². The predicted molar refractivity (Wildman–Crippen MR) is 94.8 cm³/mol. The highest BCUT2D eigenvalue weighted by atomic mass is 16.6. The lowest BCUT2D eigenvalue weighted by atomic mass is 9.81. The number of amides is 1. The van der Waals surface area contributed by atoms with E-state index in [4.69, 9.17) is 15.2 Å². The van der Waals surface area contributed by atoms with Gasteiger partial charge in [0.1, 0.15) is 5.60 Å². The van der Waals surface area contributed by atoms with Crippen molar-refractivity contribution in [1.82, 2.24) is 5.32 Å². The Kier molecular flexibility index (Phi) is 7.68. The predicted octanol–water partition coefficient (Wildman–Crippen LogP) is 1.81. The lowest BCUT2D eigenvalue weighted by Gasteiger charge is -2.33. The molecule has 0 aromatic carbocycles. The van der Waals surface area contributed by atoms with Gasteiger partial charge < -0.3 is 25.6 Å². The number of hydrogen-bond acceptors (Lipinski definition) is 6. The molecule has 7 nitrogen and oxygen atoms in total. The zero-order valence-electron chi connectivity index (χ0n) is 16.2. The first-order chi connectivity index (χ1) is 11.6. The molecule has 5 atom stereocenters. The fraction of sp³-hybridized carbons (Fsp3) is 0.889. The smallest absolute Gasteiger partial charge is 0.407 e. The van der Waals surface area contributed by atoms with E-state index in [1.54, 1.807) is 20.8 Å². The zero-order chi connectivity index (χ0) is 19.4. The normalized spacial score (nSPS) is 27.9. The van der Waals surface area contributed by atoms with Gasteiger partial charge >= 0.3 is 12.1 Å². The van der Waals surface area contributed by atoms with Crippen molar-refractivity contribution in [1.29, 1.82) is 0 Å². The number of carbonyl (C=O) groups excluding carboxylic acids is 2. The SMILES string of the molecule is CCC(CC)[C@@H](N)[C@@H]1[C@H](O)[C@@H](C(=O)OC)C[C@H]1NC(=O)OC(C)(C)C. The van der Waals surface area contributed by atoms with Gasteiger partial charge in [-0.15, -0.1) is 0 Å². The van der Waals surface area contributed by atoms with Crippen LogP contribution in [0, 0.1) is 17.8 Å². The summed E-state index contributed by atoms with van der Waals surface area (Å²) in [6.45, 7) is 9.43. The lowest BCUT2D eigenvalue weighted by molar-refractivity contribution is -0.149. The Morgan fingerprint density at radius 3 is 2.28 bits per heavy atom. The van der Waals surface area contributed by atoms with Gasteiger partial charge in [0.25, 0.3) is 0 Å². The van der Waals surface area contributed by atoms with E-state index in [0.717, 1.165) is 12.8 Å². The average molecular weight is 358 g/mol. The van der Waals surface area contributed by atoms with Gasteiger partial charge in [-0.25, -0.2) is 4.79 Å². The van der Waals surface area contributed by atoms with Crippen LogP contribution in [0.25, 0.3) is 0 Å². The third-order valence-corrected chi connectivity index (χ3v) is 5.02. The molecule has 146 valence electrons. The van der Waals surface area contributed by atoms with Gasteiger partial charge in [-0.1, -0.05) is 26.7 Å². The number of nitrogens with two attached hydrogens (primary N) is 1. The van der Waals surface area contributed by atoms with Crippen LogP contribution in [-0.4, -0.2) is 48.1 Å². The standard InChI is InChI=1S/C18H34N2O5/c1-7-10(8-2)14(19)13-12(20-17(23)25-18(3,4)5)9-11(15(13)21)16(22)24-6/h10-15,21H,7-9,19H2,1-6H3,(H,20,23)/t11-,12+,13+,14+,15+/m0/s1. The van der Waals surface area contributed by atoms with Crippen LogP contribution in [-0.2, 0) is 14.3 Å². The molecule has 0 bridgehead atoms. The van der Waals surface area contributed by atoms with Crippen molar-refractivity contribution in [2.75, 3.05) is 7.11 Å². The number of esters is 1. The molecule has 0 aromatic rings. The van der Waals surface area contributed by atoms with Gasteiger partial charge in [0.2, 0.25) is 0 Å². The van der Waals surface area contributed by atoms with Crippen molar-refractivity contribution in [3.05, 3.63) is 0 Å². The van der Waals surface area contributed by atoms with Crippen LogP contribution < -0.4 is 11.1 Å². The largest absolute Gasteiger partial charge is 0.469 e. The maximum absolute atomic E-state index is 12.2. The van der Waals surface area contributed by atoms with E-state index in [0.29, 0.717) is 0 Å². The molecule has 7 heteroatoms. The van der Waals surface area contributed by atoms with Gasteiger partial charge in [0.15, 0.2) is 0 Å². The van der Waals surface area contributed by atoms with E-state index in [2.05, 4.69) is 5.32 Å². The van der Waals surface area contributed by atoms with Gasteiger partial charge in [0, 0.05) is 18.0 Å². The number of methoxy groups -OCH3 is 1. The van der Waals surface area contributed by atoms with Crippen molar-refractivity contribution in [3.63, 3.8) is 0 Å². The van der Waals surface area contributed by atoms with E-state index in [1.807, 2.05) is 13.8 Å². The van der Waals surface area contributed by atoms with Crippen LogP contribution in [0.5, 0.6) is 0 Å². The summed E-state index contributed by atoms with van der Waals surface area (Å²) in [6.07, 6.45) is 0.484. The highest BCUT2D eigenvalue weighted by Gasteiger charge is 2.50. The molecule has 25 heavy (non-hydrogen) atoms. The first-order valence-electron chi connectivity index (χ1n) is 9.06. The molecule has 4 N–H and O–H groups in total. The van der Waals surface area contributed by atoms with E-state index in [9.17, 15) is 14.7 Å². The Balaban J connectivity index is 3.00. The van der Waals surface area contributed by atoms with Crippen molar-refractivity contribution in [3.8, 4) is 0 Å². The summed E-state index contributed by atoms with van der Waals surface area (Å²) in [5.41, 5.74) is 5.80. The molecule has 0 aromatic heterocycles. The second kappa shape index (κ2) is 8.85. The number of alkyl carbamates (subject to hydrolysis) is 1. The molecule has 1 fully saturated rings. The molecule has 0 unspecified atom stereocenters. The monoisotopic (exact) mass is 358 g/mol. The summed E-state index contributed by atoms with van der Waals surface area (Å²) in [4.78, 5) is 24.2. The van der Waals surface area contributed by atoms with Gasteiger partial charge in [0.05, 0.1) is 19.1 Å². The number of nitrogens with one attached hydrogen (secondary N) is 1. The van der Waals surface area contributed by atoms with E-state index in [-0.39, 0.29) is 18.4 Å². The first-order valence-corrected chi connectivity index (χ1v) is 9.06. The number of rotatable bonds is 6. The van der Waals surface area contributed by atoms with Crippen LogP contribution in [0.2, 0.25) is 0 Å². The van der Waals surface area contributed by atoms with Crippen molar-refractivity contribution in [2.45, 2.75) is 77.7 Å². The summed E-state index contributed by atoms with van der Waals surface area (Å²) in [5.74, 6) is -1.42. The third-order valence-electron chi connectivity index (χ3n) is 5.02. The Morgan fingerprint density at radius 2 is 1.84 bits per heavy atom. The number of ether oxygens (including phenoxy) is 2. The molecule has 0 aliphatic heterocycles. The molecule has 1 aliphatic rings. The van der Waals surface area contributed by atoms with Crippen LogP contribution in [0.4, 0.5) is 4.79 Å². The molecule has 0 heterocycles. The molecular formula is C18H34N2O5. The van der Waals surface area contributed by atoms with Gasteiger partial charge in [-0.05, 0) is 33.1 Å². The molecule has 1 amide bonds. The van der Waals surface area contributed by atoms with Crippen molar-refractivity contribution < 1.29 is 24.2 Å². The fourth-order valence-electron chi connectivity index (χ4n) is 3.72. The molecule has 0 spiro atoms. The molecular weight excluding hydrogens is 324 g/mol.